The van der Waals surface area contributed by atoms with E-state index in [1.54, 1.807) is 13.8 Å². The van der Waals surface area contributed by atoms with Crippen molar-refractivity contribution in [3.05, 3.63) is 35.4 Å². The van der Waals surface area contributed by atoms with Crippen LogP contribution in [0.1, 0.15) is 19.4 Å². The Balaban J connectivity index is 2.68. The van der Waals surface area contributed by atoms with Crippen LogP contribution in [0.2, 0.25) is 0 Å². The van der Waals surface area contributed by atoms with Gasteiger partial charge in [-0.05, 0) is 32.4 Å². The SMILES string of the molecule is CC(Cc1c(F)cccc1F)NC(=O)[C@H](C)N. The molecule has 0 aliphatic carbocycles. The Bertz CT molecular complexity index is 387. The Kier molecular flexibility index (Phi) is 4.57. The number of hydrogen-bond donors (Lipinski definition) is 2. The van der Waals surface area contributed by atoms with Crippen LogP contribution < -0.4 is 11.1 Å². The van der Waals surface area contributed by atoms with E-state index in [9.17, 15) is 13.6 Å². The summed E-state index contributed by atoms with van der Waals surface area (Å²) in [6.07, 6.45) is 0.0942. The van der Waals surface area contributed by atoms with E-state index in [4.69, 9.17) is 5.73 Å². The molecule has 1 rings (SSSR count). The number of hydrogen-bond acceptors (Lipinski definition) is 2. The Labute approximate surface area is 99.0 Å². The zero-order valence-electron chi connectivity index (χ0n) is 9.84. The van der Waals surface area contributed by atoms with Gasteiger partial charge in [0, 0.05) is 11.6 Å². The highest BCUT2D eigenvalue weighted by molar-refractivity contribution is 5.81. The summed E-state index contributed by atoms with van der Waals surface area (Å²) >= 11 is 0. The van der Waals surface area contributed by atoms with Gasteiger partial charge in [0.25, 0.3) is 0 Å². The number of nitrogens with two attached hydrogens (primary N) is 1. The fraction of sp³-hybridized carbons (Fsp3) is 0.417. The van der Waals surface area contributed by atoms with E-state index < -0.39 is 17.7 Å². The average molecular weight is 242 g/mol. The highest BCUT2D eigenvalue weighted by atomic mass is 19.1. The zero-order chi connectivity index (χ0) is 13.0. The molecule has 94 valence electrons. The van der Waals surface area contributed by atoms with Gasteiger partial charge in [0.2, 0.25) is 5.91 Å². The number of halogens is 2. The summed E-state index contributed by atoms with van der Waals surface area (Å²) in [6.45, 7) is 3.22. The first-order chi connectivity index (χ1) is 7.91. The number of nitrogens with one attached hydrogen (secondary N) is 1. The van der Waals surface area contributed by atoms with Gasteiger partial charge in [-0.25, -0.2) is 8.78 Å². The van der Waals surface area contributed by atoms with Gasteiger partial charge in [0.1, 0.15) is 11.6 Å². The van der Waals surface area contributed by atoms with Crippen molar-refractivity contribution in [3.8, 4) is 0 Å². The smallest absolute Gasteiger partial charge is 0.236 e. The van der Waals surface area contributed by atoms with E-state index in [2.05, 4.69) is 5.32 Å². The first-order valence-corrected chi connectivity index (χ1v) is 5.40. The van der Waals surface area contributed by atoms with Crippen molar-refractivity contribution >= 4 is 5.91 Å². The van der Waals surface area contributed by atoms with Crippen LogP contribution in [0.5, 0.6) is 0 Å². The van der Waals surface area contributed by atoms with Gasteiger partial charge < -0.3 is 11.1 Å². The topological polar surface area (TPSA) is 55.1 Å². The molecule has 0 saturated carbocycles. The lowest BCUT2D eigenvalue weighted by molar-refractivity contribution is -0.122. The maximum atomic E-state index is 13.3. The first kappa shape index (κ1) is 13.6. The third kappa shape index (κ3) is 3.78. The lowest BCUT2D eigenvalue weighted by Gasteiger charge is -2.16. The Morgan fingerprint density at radius 3 is 2.35 bits per heavy atom. The molecule has 0 fully saturated rings. The van der Waals surface area contributed by atoms with Crippen LogP contribution in [0, 0.1) is 11.6 Å². The largest absolute Gasteiger partial charge is 0.352 e. The van der Waals surface area contributed by atoms with Crippen LogP contribution in [0.25, 0.3) is 0 Å². The molecule has 1 aromatic carbocycles. The quantitative estimate of drug-likeness (QED) is 0.837. The maximum Gasteiger partial charge on any atom is 0.236 e. The van der Waals surface area contributed by atoms with Gasteiger partial charge in [0.15, 0.2) is 0 Å². The minimum Gasteiger partial charge on any atom is -0.352 e. The van der Waals surface area contributed by atoms with E-state index >= 15 is 0 Å². The fourth-order valence-corrected chi connectivity index (χ4v) is 1.46. The minimum absolute atomic E-state index is 0.0232. The molecule has 17 heavy (non-hydrogen) atoms. The van der Waals surface area contributed by atoms with Crippen LogP contribution in [0.15, 0.2) is 18.2 Å². The van der Waals surface area contributed by atoms with Crippen LogP contribution >= 0.6 is 0 Å². The molecular formula is C12H16F2N2O. The number of amides is 1. The lowest BCUT2D eigenvalue weighted by Crippen LogP contribution is -2.43. The van der Waals surface area contributed by atoms with Gasteiger partial charge in [-0.1, -0.05) is 6.07 Å². The molecule has 1 unspecified atom stereocenters. The molecule has 2 atom stereocenters. The molecule has 0 aliphatic rings. The Morgan fingerprint density at radius 2 is 1.88 bits per heavy atom. The van der Waals surface area contributed by atoms with Gasteiger partial charge in [-0.15, -0.1) is 0 Å². The molecule has 0 radical (unpaired) electrons. The number of benzene rings is 1. The van der Waals surface area contributed by atoms with Crippen LogP contribution in [0.4, 0.5) is 8.78 Å². The van der Waals surface area contributed by atoms with Gasteiger partial charge >= 0.3 is 0 Å². The highest BCUT2D eigenvalue weighted by Crippen LogP contribution is 2.14. The summed E-state index contributed by atoms with van der Waals surface area (Å²) in [5.74, 6) is -1.55. The Hall–Kier alpha value is -1.49. The minimum atomic E-state index is -0.636. The molecule has 3 N–H and O–H groups in total. The maximum absolute atomic E-state index is 13.3. The first-order valence-electron chi connectivity index (χ1n) is 5.40. The average Bonchev–Trinajstić information content (AvgIpc) is 2.23. The van der Waals surface area contributed by atoms with Crippen LogP contribution in [-0.2, 0) is 11.2 Å². The van der Waals surface area contributed by atoms with Crippen molar-refractivity contribution in [1.29, 1.82) is 0 Å². The van der Waals surface area contributed by atoms with Crippen LogP contribution in [-0.4, -0.2) is 18.0 Å². The molecule has 0 saturated heterocycles. The zero-order valence-corrected chi connectivity index (χ0v) is 9.84. The summed E-state index contributed by atoms with van der Waals surface area (Å²) in [6, 6.07) is 2.68. The standard InChI is InChI=1S/C12H16F2N2O/c1-7(16-12(17)8(2)15)6-9-10(13)4-3-5-11(9)14/h3-5,7-8H,6,15H2,1-2H3,(H,16,17)/t7?,8-/m0/s1. The Morgan fingerprint density at radius 1 is 1.35 bits per heavy atom. The van der Waals surface area contributed by atoms with E-state index in [1.165, 1.54) is 18.2 Å². The van der Waals surface area contributed by atoms with Gasteiger partial charge in [-0.2, -0.15) is 0 Å². The predicted molar refractivity (Wildman–Crippen MR) is 61.3 cm³/mol. The van der Waals surface area contributed by atoms with Gasteiger partial charge in [0.05, 0.1) is 6.04 Å². The third-order valence-electron chi connectivity index (χ3n) is 2.37. The molecule has 0 aliphatic heterocycles. The highest BCUT2D eigenvalue weighted by Gasteiger charge is 2.15. The van der Waals surface area contributed by atoms with E-state index in [1.807, 2.05) is 0 Å². The molecule has 0 spiro atoms. The fourth-order valence-electron chi connectivity index (χ4n) is 1.46. The van der Waals surface area contributed by atoms with Crippen molar-refractivity contribution in [3.63, 3.8) is 0 Å². The second-order valence-electron chi connectivity index (χ2n) is 4.10. The van der Waals surface area contributed by atoms with Crippen molar-refractivity contribution in [2.75, 3.05) is 0 Å². The summed E-state index contributed by atoms with van der Waals surface area (Å²) < 4.78 is 26.7. The van der Waals surface area contributed by atoms with E-state index in [0.717, 1.165) is 0 Å². The van der Waals surface area contributed by atoms with Crippen molar-refractivity contribution < 1.29 is 13.6 Å². The van der Waals surface area contributed by atoms with Crippen LogP contribution in [0.3, 0.4) is 0 Å². The number of carbonyl (C=O) groups is 1. The molecule has 0 bridgehead atoms. The predicted octanol–water partition coefficient (Wildman–Crippen LogP) is 1.36. The molecule has 1 amide bonds. The molecule has 5 heteroatoms. The summed E-state index contributed by atoms with van der Waals surface area (Å²) in [4.78, 5) is 11.3. The second kappa shape index (κ2) is 5.72. The number of carbonyl (C=O) groups excluding carboxylic acids is 1. The number of rotatable bonds is 4. The van der Waals surface area contributed by atoms with Crippen molar-refractivity contribution in [2.45, 2.75) is 32.4 Å². The third-order valence-corrected chi connectivity index (χ3v) is 2.37. The van der Waals surface area contributed by atoms with Gasteiger partial charge in [-0.3, -0.25) is 4.79 Å². The normalized spacial score (nSPS) is 14.2. The summed E-state index contributed by atoms with van der Waals surface area (Å²) in [5, 5.41) is 2.58. The van der Waals surface area contributed by atoms with E-state index in [0.29, 0.717) is 0 Å². The molecule has 3 nitrogen and oxygen atoms in total. The van der Waals surface area contributed by atoms with Crippen molar-refractivity contribution in [1.82, 2.24) is 5.32 Å². The van der Waals surface area contributed by atoms with Crippen molar-refractivity contribution in [2.24, 2.45) is 5.73 Å². The summed E-state index contributed by atoms with van der Waals surface area (Å²) in [7, 11) is 0. The second-order valence-corrected chi connectivity index (χ2v) is 4.10. The molecule has 1 aromatic rings. The van der Waals surface area contributed by atoms with E-state index in [-0.39, 0.29) is 23.9 Å². The summed E-state index contributed by atoms with van der Waals surface area (Å²) in [5.41, 5.74) is 5.35. The molecule has 0 aromatic heterocycles. The molecular weight excluding hydrogens is 226 g/mol. The monoisotopic (exact) mass is 242 g/mol. The molecule has 0 heterocycles. The lowest BCUT2D eigenvalue weighted by atomic mass is 10.1.